The molecule has 1 fully saturated rings. The number of halogens is 1. The van der Waals surface area contributed by atoms with Gasteiger partial charge in [0, 0.05) is 42.4 Å². The predicted octanol–water partition coefficient (Wildman–Crippen LogP) is 3.94. The average Bonchev–Trinajstić information content (AvgIpc) is 3.35. The summed E-state index contributed by atoms with van der Waals surface area (Å²) >= 11 is 0. The van der Waals surface area contributed by atoms with Crippen molar-refractivity contribution in [2.24, 2.45) is 0 Å². The first-order chi connectivity index (χ1) is 15.5. The number of morpholine rings is 1. The van der Waals surface area contributed by atoms with E-state index in [4.69, 9.17) is 14.8 Å². The van der Waals surface area contributed by atoms with Crippen molar-refractivity contribution in [2.45, 2.75) is 26.7 Å². The lowest BCUT2D eigenvalue weighted by molar-refractivity contribution is 0.122. The van der Waals surface area contributed by atoms with Crippen molar-refractivity contribution in [3.05, 3.63) is 64.7 Å². The van der Waals surface area contributed by atoms with Crippen LogP contribution in [-0.2, 0) is 4.74 Å². The van der Waals surface area contributed by atoms with Crippen LogP contribution in [0.15, 0.2) is 36.4 Å². The Morgan fingerprint density at radius 1 is 1.09 bits per heavy atom. The van der Waals surface area contributed by atoms with Crippen LogP contribution in [0.3, 0.4) is 0 Å². The van der Waals surface area contributed by atoms with E-state index in [1.54, 1.807) is 0 Å². The van der Waals surface area contributed by atoms with Gasteiger partial charge in [-0.3, -0.25) is 5.10 Å². The van der Waals surface area contributed by atoms with Gasteiger partial charge < -0.3 is 15.0 Å². The number of fused-ring (bicyclic) bond motifs is 1. The second-order valence-corrected chi connectivity index (χ2v) is 8.17. The van der Waals surface area contributed by atoms with E-state index in [0.29, 0.717) is 24.8 Å². The van der Waals surface area contributed by atoms with Gasteiger partial charge in [-0.05, 0) is 31.5 Å². The van der Waals surface area contributed by atoms with Crippen molar-refractivity contribution < 1.29 is 9.13 Å². The van der Waals surface area contributed by atoms with Gasteiger partial charge in [0.1, 0.15) is 17.5 Å². The molecular weight excluding hydrogens is 409 g/mol. The molecule has 1 aliphatic heterocycles. The summed E-state index contributed by atoms with van der Waals surface area (Å²) in [5.41, 5.74) is 4.68. The van der Waals surface area contributed by atoms with Gasteiger partial charge in [-0.25, -0.2) is 9.37 Å². The number of H-pyrrole nitrogens is 1. The normalized spacial score (nSPS) is 15.3. The van der Waals surface area contributed by atoms with Crippen molar-refractivity contribution in [3.63, 3.8) is 0 Å². The zero-order chi connectivity index (χ0) is 22.2. The minimum absolute atomic E-state index is 0.000942. The number of hydrogen-bond acceptors (Lipinski definition) is 6. The van der Waals surface area contributed by atoms with E-state index in [2.05, 4.69) is 27.3 Å². The van der Waals surface area contributed by atoms with Crippen molar-refractivity contribution in [1.29, 1.82) is 0 Å². The molecule has 2 N–H and O–H groups in total. The molecule has 32 heavy (non-hydrogen) atoms. The van der Waals surface area contributed by atoms with Gasteiger partial charge in [-0.1, -0.05) is 19.1 Å². The van der Waals surface area contributed by atoms with Gasteiger partial charge >= 0.3 is 0 Å². The monoisotopic (exact) mass is 435 g/mol. The Morgan fingerprint density at radius 3 is 2.53 bits per heavy atom. The second-order valence-electron chi connectivity index (χ2n) is 8.17. The van der Waals surface area contributed by atoms with Crippen molar-refractivity contribution in [3.8, 4) is 0 Å². The van der Waals surface area contributed by atoms with Crippen molar-refractivity contribution >= 4 is 23.1 Å². The maximum atomic E-state index is 13.5. The topological polar surface area (TPSA) is 83.4 Å². The summed E-state index contributed by atoms with van der Waals surface area (Å²) in [7, 11) is 0. The Balaban J connectivity index is 1.64. The van der Waals surface area contributed by atoms with Gasteiger partial charge in [-0.15, -0.1) is 0 Å². The molecule has 1 aromatic carbocycles. The van der Waals surface area contributed by atoms with Crippen LogP contribution in [-0.4, -0.2) is 51.1 Å². The second kappa shape index (κ2) is 8.23. The summed E-state index contributed by atoms with van der Waals surface area (Å²) in [6.45, 7) is 8.96. The summed E-state index contributed by atoms with van der Waals surface area (Å²) in [4.78, 5) is 7.19. The molecule has 0 radical (unpaired) electrons. The van der Waals surface area contributed by atoms with Gasteiger partial charge in [0.2, 0.25) is 0 Å². The zero-order valence-electron chi connectivity index (χ0n) is 18.4. The smallest absolute Gasteiger partial charge is 0.163 e. The zero-order valence-corrected chi connectivity index (χ0v) is 18.4. The number of nitrogens with zero attached hydrogens (tertiary/aromatic N) is 5. The molecule has 9 heteroatoms. The lowest BCUT2D eigenvalue weighted by Gasteiger charge is -2.29. The summed E-state index contributed by atoms with van der Waals surface area (Å²) in [6, 6.07) is 10.6. The Hall–Kier alpha value is -3.46. The Labute approximate surface area is 185 Å². The van der Waals surface area contributed by atoms with E-state index < -0.39 is 0 Å². The third-order valence-corrected chi connectivity index (χ3v) is 5.89. The SMILES string of the molecule is Cc1cc(Nc2cc(N3CCOCC3)n3nc(C)c([C@@H](C)c4ccc(F)cc4)c3n2)n[nH]1. The molecule has 0 unspecified atom stereocenters. The van der Waals surface area contributed by atoms with Gasteiger partial charge in [0.05, 0.1) is 18.9 Å². The number of aromatic amines is 1. The van der Waals surface area contributed by atoms with Crippen LogP contribution in [0.4, 0.5) is 21.8 Å². The fraction of sp³-hybridized carbons (Fsp3) is 0.348. The summed E-state index contributed by atoms with van der Waals surface area (Å²) in [6.07, 6.45) is 0. The third kappa shape index (κ3) is 3.80. The number of benzene rings is 1. The van der Waals surface area contributed by atoms with E-state index in [-0.39, 0.29) is 11.7 Å². The Bertz CT molecular complexity index is 1240. The van der Waals surface area contributed by atoms with Crippen molar-refractivity contribution in [2.75, 3.05) is 36.5 Å². The van der Waals surface area contributed by atoms with E-state index >= 15 is 0 Å². The van der Waals surface area contributed by atoms with E-state index in [1.165, 1.54) is 12.1 Å². The standard InChI is InChI=1S/C23H26FN7O/c1-14-12-20(28-27-14)25-19-13-21(30-8-10-32-11-9-30)31-23(26-19)22(16(3)29-31)15(2)17-4-6-18(24)7-5-17/h4-7,12-13,15H,8-11H2,1-3H3,(H2,25,26,27,28)/t15-/m0/s1. The number of aryl methyl sites for hydroxylation is 2. The van der Waals surface area contributed by atoms with E-state index in [9.17, 15) is 4.39 Å². The van der Waals surface area contributed by atoms with Gasteiger partial charge in [-0.2, -0.15) is 14.7 Å². The summed E-state index contributed by atoms with van der Waals surface area (Å²) < 4.78 is 20.9. The first-order valence-corrected chi connectivity index (χ1v) is 10.8. The average molecular weight is 436 g/mol. The van der Waals surface area contributed by atoms with Crippen LogP contribution in [0.5, 0.6) is 0 Å². The molecule has 0 saturated carbocycles. The third-order valence-electron chi connectivity index (χ3n) is 5.89. The number of ether oxygens (including phenoxy) is 1. The molecule has 1 atom stereocenters. The molecule has 5 rings (SSSR count). The van der Waals surface area contributed by atoms with Crippen LogP contribution in [0.1, 0.15) is 35.4 Å². The van der Waals surface area contributed by atoms with E-state index in [0.717, 1.165) is 47.1 Å². The van der Waals surface area contributed by atoms with Crippen LogP contribution < -0.4 is 10.2 Å². The highest BCUT2D eigenvalue weighted by atomic mass is 19.1. The molecule has 1 saturated heterocycles. The Kier molecular flexibility index (Phi) is 5.26. The minimum Gasteiger partial charge on any atom is -0.378 e. The molecule has 0 amide bonds. The number of nitrogens with one attached hydrogen (secondary N) is 2. The van der Waals surface area contributed by atoms with Crippen LogP contribution in [0.2, 0.25) is 0 Å². The summed E-state index contributed by atoms with van der Waals surface area (Å²) in [5, 5.41) is 15.4. The Morgan fingerprint density at radius 2 is 1.84 bits per heavy atom. The number of rotatable bonds is 5. The molecule has 166 valence electrons. The fourth-order valence-electron chi connectivity index (χ4n) is 4.24. The van der Waals surface area contributed by atoms with Crippen LogP contribution in [0.25, 0.3) is 5.65 Å². The highest BCUT2D eigenvalue weighted by Crippen LogP contribution is 2.33. The summed E-state index contributed by atoms with van der Waals surface area (Å²) in [5.74, 6) is 2.11. The maximum absolute atomic E-state index is 13.5. The van der Waals surface area contributed by atoms with Crippen molar-refractivity contribution in [1.82, 2.24) is 24.8 Å². The first-order valence-electron chi connectivity index (χ1n) is 10.8. The maximum Gasteiger partial charge on any atom is 0.163 e. The lowest BCUT2D eigenvalue weighted by Crippen LogP contribution is -2.37. The van der Waals surface area contributed by atoms with Crippen LogP contribution in [0, 0.1) is 19.7 Å². The number of aromatic nitrogens is 5. The lowest BCUT2D eigenvalue weighted by atomic mass is 9.93. The molecule has 0 aliphatic carbocycles. The van der Waals surface area contributed by atoms with E-state index in [1.807, 2.05) is 42.6 Å². The predicted molar refractivity (Wildman–Crippen MR) is 121 cm³/mol. The molecule has 0 bridgehead atoms. The fourth-order valence-corrected chi connectivity index (χ4v) is 4.24. The molecular formula is C23H26FN7O. The largest absolute Gasteiger partial charge is 0.378 e. The molecule has 4 heterocycles. The first kappa shape index (κ1) is 20.4. The highest BCUT2D eigenvalue weighted by Gasteiger charge is 2.24. The molecule has 3 aromatic heterocycles. The van der Waals surface area contributed by atoms with Crippen LogP contribution >= 0.6 is 0 Å². The van der Waals surface area contributed by atoms with Gasteiger partial charge in [0.15, 0.2) is 11.5 Å². The molecule has 1 aliphatic rings. The highest BCUT2D eigenvalue weighted by molar-refractivity contribution is 5.67. The molecule has 4 aromatic rings. The minimum atomic E-state index is -0.244. The number of hydrogen-bond donors (Lipinski definition) is 2. The molecule has 0 spiro atoms. The quantitative estimate of drug-likeness (QED) is 0.494. The van der Waals surface area contributed by atoms with Gasteiger partial charge in [0.25, 0.3) is 0 Å². The molecule has 8 nitrogen and oxygen atoms in total. The number of anilines is 3.